The molecule has 4 nitrogen and oxygen atoms in total. The highest BCUT2D eigenvalue weighted by Crippen LogP contribution is 2.11. The number of amides is 1. The number of unbranched alkanes of at least 4 members (excludes halogenated alkanes) is 1. The fourth-order valence-electron chi connectivity index (χ4n) is 1.71. The molecule has 0 aromatic heterocycles. The van der Waals surface area contributed by atoms with Gasteiger partial charge in [0, 0.05) is 0 Å². The van der Waals surface area contributed by atoms with Crippen molar-refractivity contribution in [2.75, 3.05) is 0 Å². The van der Waals surface area contributed by atoms with E-state index in [9.17, 15) is 14.0 Å². The van der Waals surface area contributed by atoms with E-state index in [-0.39, 0.29) is 5.56 Å². The molecule has 0 heterocycles. The number of aryl methyl sites for hydroxylation is 1. The maximum absolute atomic E-state index is 13.6. The van der Waals surface area contributed by atoms with Crippen LogP contribution in [0.4, 0.5) is 4.39 Å². The van der Waals surface area contributed by atoms with Crippen LogP contribution in [0.2, 0.25) is 0 Å². The van der Waals surface area contributed by atoms with Crippen LogP contribution in [0.3, 0.4) is 0 Å². The van der Waals surface area contributed by atoms with Crippen molar-refractivity contribution >= 4 is 11.9 Å². The van der Waals surface area contributed by atoms with Crippen LogP contribution in [-0.2, 0) is 4.79 Å². The van der Waals surface area contributed by atoms with Crippen molar-refractivity contribution < 1.29 is 19.1 Å². The van der Waals surface area contributed by atoms with Crippen LogP contribution >= 0.6 is 0 Å². The second-order valence-electron chi connectivity index (χ2n) is 4.49. The minimum Gasteiger partial charge on any atom is -0.480 e. The smallest absolute Gasteiger partial charge is 0.326 e. The van der Waals surface area contributed by atoms with Gasteiger partial charge >= 0.3 is 5.97 Å². The van der Waals surface area contributed by atoms with Crippen LogP contribution in [0.25, 0.3) is 0 Å². The summed E-state index contributed by atoms with van der Waals surface area (Å²) in [4.78, 5) is 22.8. The Morgan fingerprint density at radius 3 is 2.63 bits per heavy atom. The van der Waals surface area contributed by atoms with Gasteiger partial charge in [0.2, 0.25) is 0 Å². The Bertz CT molecular complexity index is 474. The maximum atomic E-state index is 13.6. The molecule has 0 aliphatic carbocycles. The molecule has 0 unspecified atom stereocenters. The SMILES string of the molecule is CCCC[C@H](NC(=O)c1ccc(C)cc1F)C(=O)O. The third kappa shape index (κ3) is 4.35. The molecule has 0 saturated carbocycles. The van der Waals surface area contributed by atoms with Crippen molar-refractivity contribution in [1.82, 2.24) is 5.32 Å². The summed E-state index contributed by atoms with van der Waals surface area (Å²) in [6.45, 7) is 3.65. The predicted molar refractivity (Wildman–Crippen MR) is 69.6 cm³/mol. The quantitative estimate of drug-likeness (QED) is 0.832. The topological polar surface area (TPSA) is 66.4 Å². The summed E-state index contributed by atoms with van der Waals surface area (Å²) in [5.41, 5.74) is 0.572. The van der Waals surface area contributed by atoms with Crippen LogP contribution in [0, 0.1) is 12.7 Å². The van der Waals surface area contributed by atoms with E-state index in [4.69, 9.17) is 5.11 Å². The van der Waals surface area contributed by atoms with Crippen molar-refractivity contribution in [2.45, 2.75) is 39.2 Å². The van der Waals surface area contributed by atoms with E-state index in [1.165, 1.54) is 12.1 Å². The summed E-state index contributed by atoms with van der Waals surface area (Å²) in [5.74, 6) is -2.44. The first-order valence-electron chi connectivity index (χ1n) is 6.25. The largest absolute Gasteiger partial charge is 0.480 e. The fourth-order valence-corrected chi connectivity index (χ4v) is 1.71. The predicted octanol–water partition coefficient (Wildman–Crippen LogP) is 2.51. The Morgan fingerprint density at radius 1 is 1.42 bits per heavy atom. The fraction of sp³-hybridized carbons (Fsp3) is 0.429. The molecule has 1 rings (SSSR count). The third-order valence-corrected chi connectivity index (χ3v) is 2.82. The van der Waals surface area contributed by atoms with Crippen molar-refractivity contribution in [3.8, 4) is 0 Å². The highest BCUT2D eigenvalue weighted by atomic mass is 19.1. The first kappa shape index (κ1) is 15.1. The van der Waals surface area contributed by atoms with E-state index in [1.807, 2.05) is 6.92 Å². The first-order valence-corrected chi connectivity index (χ1v) is 6.25. The normalized spacial score (nSPS) is 11.9. The van der Waals surface area contributed by atoms with Gasteiger partial charge in [-0.3, -0.25) is 4.79 Å². The number of hydrogen-bond donors (Lipinski definition) is 2. The first-order chi connectivity index (χ1) is 8.95. The average Bonchev–Trinajstić information content (AvgIpc) is 2.33. The van der Waals surface area contributed by atoms with Crippen LogP contribution in [0.1, 0.15) is 42.1 Å². The summed E-state index contributed by atoms with van der Waals surface area (Å²) >= 11 is 0. The highest BCUT2D eigenvalue weighted by Gasteiger charge is 2.21. The zero-order valence-corrected chi connectivity index (χ0v) is 11.1. The lowest BCUT2D eigenvalue weighted by Crippen LogP contribution is -2.41. The zero-order valence-electron chi connectivity index (χ0n) is 11.1. The summed E-state index contributed by atoms with van der Waals surface area (Å²) < 4.78 is 13.6. The van der Waals surface area contributed by atoms with Crippen LogP contribution in [-0.4, -0.2) is 23.0 Å². The van der Waals surface area contributed by atoms with Gasteiger partial charge in [0.25, 0.3) is 5.91 Å². The lowest BCUT2D eigenvalue weighted by molar-refractivity contribution is -0.139. The van der Waals surface area contributed by atoms with Crippen molar-refractivity contribution in [3.05, 3.63) is 35.1 Å². The molecule has 0 radical (unpaired) electrons. The molecule has 2 N–H and O–H groups in total. The minimum atomic E-state index is -1.10. The number of carboxylic acids is 1. The number of carboxylic acid groups (broad SMARTS) is 1. The van der Waals surface area contributed by atoms with Crippen molar-refractivity contribution in [2.24, 2.45) is 0 Å². The van der Waals surface area contributed by atoms with Gasteiger partial charge in [-0.15, -0.1) is 0 Å². The molecular formula is C14H18FNO3. The maximum Gasteiger partial charge on any atom is 0.326 e. The van der Waals surface area contributed by atoms with Gasteiger partial charge in [0.1, 0.15) is 11.9 Å². The van der Waals surface area contributed by atoms with E-state index in [2.05, 4.69) is 5.32 Å². The molecule has 1 amide bonds. The summed E-state index contributed by atoms with van der Waals surface area (Å²) in [7, 11) is 0. The Morgan fingerprint density at radius 2 is 2.11 bits per heavy atom. The Labute approximate surface area is 111 Å². The molecule has 0 aliphatic rings. The Hall–Kier alpha value is -1.91. The van der Waals surface area contributed by atoms with Gasteiger partial charge in [0.15, 0.2) is 0 Å². The summed E-state index contributed by atoms with van der Waals surface area (Å²) in [5, 5.41) is 11.3. The van der Waals surface area contributed by atoms with Gasteiger partial charge in [-0.05, 0) is 31.0 Å². The van der Waals surface area contributed by atoms with Crippen molar-refractivity contribution in [3.63, 3.8) is 0 Å². The standard InChI is InChI=1S/C14H18FNO3/c1-3-4-5-12(14(18)19)16-13(17)10-7-6-9(2)8-11(10)15/h6-8,12H,3-5H2,1-2H3,(H,16,17)(H,18,19)/t12-/m0/s1. The van der Waals surface area contributed by atoms with E-state index < -0.39 is 23.7 Å². The number of aliphatic carboxylic acids is 1. The Kier molecular flexibility index (Phi) is 5.48. The number of nitrogens with one attached hydrogen (secondary N) is 1. The average molecular weight is 267 g/mol. The van der Waals surface area contributed by atoms with Gasteiger partial charge in [0.05, 0.1) is 5.56 Å². The molecular weight excluding hydrogens is 249 g/mol. The summed E-state index contributed by atoms with van der Waals surface area (Å²) in [6.07, 6.45) is 1.86. The molecule has 0 bridgehead atoms. The molecule has 19 heavy (non-hydrogen) atoms. The van der Waals surface area contributed by atoms with Gasteiger partial charge in [-0.25, -0.2) is 9.18 Å². The van der Waals surface area contributed by atoms with Crippen LogP contribution < -0.4 is 5.32 Å². The molecule has 5 heteroatoms. The zero-order chi connectivity index (χ0) is 14.4. The second kappa shape index (κ2) is 6.87. The van der Waals surface area contributed by atoms with E-state index in [1.54, 1.807) is 13.0 Å². The Balaban J connectivity index is 2.78. The molecule has 0 saturated heterocycles. The van der Waals surface area contributed by atoms with Crippen LogP contribution in [0.15, 0.2) is 18.2 Å². The van der Waals surface area contributed by atoms with Gasteiger partial charge in [-0.2, -0.15) is 0 Å². The number of hydrogen-bond acceptors (Lipinski definition) is 2. The van der Waals surface area contributed by atoms with Crippen molar-refractivity contribution in [1.29, 1.82) is 0 Å². The number of halogens is 1. The molecule has 104 valence electrons. The number of carbonyl (C=O) groups excluding carboxylic acids is 1. The van der Waals surface area contributed by atoms with Gasteiger partial charge < -0.3 is 10.4 Å². The molecule has 0 spiro atoms. The van der Waals surface area contributed by atoms with E-state index >= 15 is 0 Å². The van der Waals surface area contributed by atoms with E-state index in [0.29, 0.717) is 18.4 Å². The third-order valence-electron chi connectivity index (χ3n) is 2.82. The molecule has 1 aromatic carbocycles. The number of benzene rings is 1. The molecule has 1 aromatic rings. The van der Waals surface area contributed by atoms with Crippen LogP contribution in [0.5, 0.6) is 0 Å². The highest BCUT2D eigenvalue weighted by molar-refractivity contribution is 5.96. The number of rotatable bonds is 6. The van der Waals surface area contributed by atoms with Gasteiger partial charge in [-0.1, -0.05) is 25.8 Å². The monoisotopic (exact) mass is 267 g/mol. The second-order valence-corrected chi connectivity index (χ2v) is 4.49. The minimum absolute atomic E-state index is 0.131. The molecule has 0 fully saturated rings. The lowest BCUT2D eigenvalue weighted by atomic mass is 10.1. The van der Waals surface area contributed by atoms with E-state index in [0.717, 1.165) is 6.42 Å². The molecule has 1 atom stereocenters. The lowest BCUT2D eigenvalue weighted by Gasteiger charge is -2.14. The number of carbonyl (C=O) groups is 2. The molecule has 0 aliphatic heterocycles. The summed E-state index contributed by atoms with van der Waals surface area (Å²) in [6, 6.07) is 3.24.